The Kier molecular flexibility index (Phi) is 3.23. The Morgan fingerprint density at radius 3 is 2.71 bits per heavy atom. The van der Waals surface area contributed by atoms with E-state index >= 15 is 0 Å². The van der Waals surface area contributed by atoms with E-state index in [2.05, 4.69) is 13.8 Å². The van der Waals surface area contributed by atoms with Gasteiger partial charge in [-0.3, -0.25) is 9.59 Å². The lowest BCUT2D eigenvalue weighted by Gasteiger charge is -2.60. The normalized spacial score (nSPS) is 57.9. The molecule has 0 aliphatic heterocycles. The zero-order valence-corrected chi connectivity index (χ0v) is 17.0. The van der Waals surface area contributed by atoms with E-state index < -0.39 is 11.6 Å². The minimum Gasteiger partial charge on any atom is -0.481 e. The number of ketones is 1. The maximum absolute atomic E-state index is 12.1. The molecule has 6 aliphatic carbocycles. The van der Waals surface area contributed by atoms with Gasteiger partial charge in [0.05, 0.1) is 5.60 Å². The molecule has 10 atom stereocenters. The zero-order chi connectivity index (χ0) is 19.6. The highest BCUT2D eigenvalue weighted by atomic mass is 16.4. The lowest BCUT2D eigenvalue weighted by atomic mass is 9.45. The number of aliphatic hydroxyl groups is 1. The number of hydrogen-bond acceptors (Lipinski definition) is 3. The Morgan fingerprint density at radius 2 is 1.96 bits per heavy atom. The highest BCUT2D eigenvalue weighted by Gasteiger charge is 2.78. The second-order valence-corrected chi connectivity index (χ2v) is 11.5. The molecule has 6 aliphatic rings. The topological polar surface area (TPSA) is 74.6 Å². The molecule has 0 saturated heterocycles. The molecule has 0 aromatic carbocycles. The first-order chi connectivity index (χ1) is 13.2. The van der Waals surface area contributed by atoms with Crippen LogP contribution in [-0.4, -0.2) is 27.6 Å². The molecule has 4 nitrogen and oxygen atoms in total. The van der Waals surface area contributed by atoms with Gasteiger partial charge in [-0.15, -0.1) is 0 Å². The van der Waals surface area contributed by atoms with Gasteiger partial charge in [-0.25, -0.2) is 0 Å². The summed E-state index contributed by atoms with van der Waals surface area (Å²) in [6.45, 7) is 4.72. The molecule has 0 spiro atoms. The van der Waals surface area contributed by atoms with E-state index in [4.69, 9.17) is 0 Å². The van der Waals surface area contributed by atoms with Crippen LogP contribution in [0.2, 0.25) is 0 Å². The lowest BCUT2D eigenvalue weighted by molar-refractivity contribution is -0.160. The maximum Gasteiger partial charge on any atom is 0.303 e. The molecular formula is C24H32O4. The van der Waals surface area contributed by atoms with Crippen molar-refractivity contribution in [3.05, 3.63) is 11.6 Å². The molecule has 0 aromatic rings. The fourth-order valence-corrected chi connectivity index (χ4v) is 9.28. The van der Waals surface area contributed by atoms with Gasteiger partial charge in [0, 0.05) is 12.8 Å². The van der Waals surface area contributed by atoms with Crippen molar-refractivity contribution in [2.24, 2.45) is 52.3 Å². The van der Waals surface area contributed by atoms with Gasteiger partial charge < -0.3 is 10.2 Å². The summed E-state index contributed by atoms with van der Waals surface area (Å²) in [5, 5.41) is 21.1. The summed E-state index contributed by atoms with van der Waals surface area (Å²) >= 11 is 0. The third-order valence-corrected chi connectivity index (χ3v) is 10.6. The van der Waals surface area contributed by atoms with Crippen LogP contribution in [-0.2, 0) is 9.59 Å². The number of carboxylic acids is 1. The Balaban J connectivity index is 1.38. The number of fused-ring (bicyclic) bond motifs is 10. The van der Waals surface area contributed by atoms with E-state index in [1.165, 1.54) is 12.0 Å². The molecular weight excluding hydrogens is 352 g/mol. The second kappa shape index (κ2) is 5.11. The number of carboxylic acid groups (broad SMARTS) is 1. The van der Waals surface area contributed by atoms with E-state index in [-0.39, 0.29) is 17.3 Å². The highest BCUT2D eigenvalue weighted by molar-refractivity contribution is 5.92. The first-order valence-electron chi connectivity index (χ1n) is 11.4. The molecule has 152 valence electrons. The Hall–Kier alpha value is -1.16. The molecule has 0 heterocycles. The fraction of sp³-hybridized carbons (Fsp3) is 0.833. The third kappa shape index (κ3) is 1.92. The van der Waals surface area contributed by atoms with Crippen LogP contribution in [0.4, 0.5) is 0 Å². The Morgan fingerprint density at radius 1 is 1.18 bits per heavy atom. The summed E-state index contributed by atoms with van der Waals surface area (Å²) in [4.78, 5) is 23.4. The number of aliphatic carboxylic acids is 1. The summed E-state index contributed by atoms with van der Waals surface area (Å²) in [7, 11) is 0. The third-order valence-electron chi connectivity index (χ3n) is 10.6. The number of carbonyl (C=O) groups is 2. The van der Waals surface area contributed by atoms with Crippen molar-refractivity contribution in [2.45, 2.75) is 70.8 Å². The van der Waals surface area contributed by atoms with Gasteiger partial charge in [0.15, 0.2) is 5.78 Å². The van der Waals surface area contributed by atoms with Gasteiger partial charge in [0.25, 0.3) is 0 Å². The second-order valence-electron chi connectivity index (χ2n) is 11.5. The molecule has 5 fully saturated rings. The Bertz CT molecular complexity index is 815. The zero-order valence-electron chi connectivity index (χ0n) is 17.0. The molecule has 0 radical (unpaired) electrons. The van der Waals surface area contributed by atoms with Crippen molar-refractivity contribution in [3.63, 3.8) is 0 Å². The molecule has 28 heavy (non-hydrogen) atoms. The molecule has 0 amide bonds. The number of allylic oxidation sites excluding steroid dienone is 1. The van der Waals surface area contributed by atoms with Crippen molar-refractivity contribution in [2.75, 3.05) is 0 Å². The van der Waals surface area contributed by atoms with Crippen molar-refractivity contribution in [1.29, 1.82) is 0 Å². The first kappa shape index (κ1) is 17.7. The van der Waals surface area contributed by atoms with Crippen LogP contribution in [0.1, 0.15) is 65.2 Å². The summed E-state index contributed by atoms with van der Waals surface area (Å²) in [5.41, 5.74) is 0.705. The lowest BCUT2D eigenvalue weighted by Crippen LogP contribution is -2.57. The number of rotatable bonds is 3. The largest absolute Gasteiger partial charge is 0.481 e. The van der Waals surface area contributed by atoms with E-state index in [9.17, 15) is 19.8 Å². The van der Waals surface area contributed by atoms with Crippen molar-refractivity contribution < 1.29 is 19.8 Å². The summed E-state index contributed by atoms with van der Waals surface area (Å²) in [6.07, 6.45) is 8.65. The average molecular weight is 385 g/mol. The van der Waals surface area contributed by atoms with Gasteiger partial charge in [-0.1, -0.05) is 19.4 Å². The van der Waals surface area contributed by atoms with Crippen molar-refractivity contribution in [3.8, 4) is 0 Å². The molecule has 2 N–H and O–H groups in total. The van der Waals surface area contributed by atoms with Crippen LogP contribution in [0.5, 0.6) is 0 Å². The minimum atomic E-state index is -0.796. The van der Waals surface area contributed by atoms with Gasteiger partial charge in [0.2, 0.25) is 0 Å². The smallest absolute Gasteiger partial charge is 0.303 e. The van der Waals surface area contributed by atoms with Crippen LogP contribution in [0.15, 0.2) is 11.6 Å². The van der Waals surface area contributed by atoms with Crippen molar-refractivity contribution in [1.82, 2.24) is 0 Å². The van der Waals surface area contributed by atoms with Crippen molar-refractivity contribution >= 4 is 11.8 Å². The van der Waals surface area contributed by atoms with Gasteiger partial charge >= 0.3 is 5.97 Å². The van der Waals surface area contributed by atoms with Gasteiger partial charge in [-0.2, -0.15) is 0 Å². The predicted molar refractivity (Wildman–Crippen MR) is 103 cm³/mol. The fourth-order valence-electron chi connectivity index (χ4n) is 9.28. The quantitative estimate of drug-likeness (QED) is 0.776. The Labute approximate surface area is 166 Å². The van der Waals surface area contributed by atoms with Crippen LogP contribution in [0, 0.1) is 52.3 Å². The highest BCUT2D eigenvalue weighted by Crippen LogP contribution is 2.81. The average Bonchev–Trinajstić information content (AvgIpc) is 3.53. The summed E-state index contributed by atoms with van der Waals surface area (Å²) in [6, 6.07) is 0. The standard InChI is InChI=1S/C24H32O4/c1-22-6-3-12(25)9-17(22)13-10-14(13)20-16(22)4-7-23(2)21(20)15-11-18(15)24(23,28)8-5-19(26)27/h9,13-16,18,20-21,28H,3-8,10-11H2,1-2H3,(H,26,27)/t13-,14+,15-,16+,18-,20-,21+,22+,23-,24-/m0/s1. The van der Waals surface area contributed by atoms with Gasteiger partial charge in [0.1, 0.15) is 0 Å². The van der Waals surface area contributed by atoms with Crippen LogP contribution in [0.3, 0.4) is 0 Å². The van der Waals surface area contributed by atoms with Crippen LogP contribution < -0.4 is 0 Å². The van der Waals surface area contributed by atoms with E-state index in [1.54, 1.807) is 0 Å². The molecule has 6 rings (SSSR count). The first-order valence-corrected chi connectivity index (χ1v) is 11.4. The van der Waals surface area contributed by atoms with E-state index in [1.807, 2.05) is 6.08 Å². The number of hydrogen-bond donors (Lipinski definition) is 2. The van der Waals surface area contributed by atoms with Gasteiger partial charge in [-0.05, 0) is 96.9 Å². The molecule has 0 aromatic heterocycles. The number of carbonyl (C=O) groups excluding carboxylic acids is 1. The maximum atomic E-state index is 12.1. The monoisotopic (exact) mass is 384 g/mol. The molecule has 0 unspecified atom stereocenters. The van der Waals surface area contributed by atoms with E-state index in [0.717, 1.165) is 25.7 Å². The molecule has 0 bridgehead atoms. The SMILES string of the molecule is C[C@]12CCC(=O)C=C1[C@H]1C[C@H]1[C@@H]1[C@H]3[C@H]4C[C@@H]4[C@@](O)(CCC(=O)O)[C@@]3(C)CC[C@H]12. The summed E-state index contributed by atoms with van der Waals surface area (Å²) in [5.74, 6) is 3.58. The minimum absolute atomic E-state index is 0.0783. The predicted octanol–water partition coefficient (Wildman–Crippen LogP) is 3.83. The van der Waals surface area contributed by atoms with E-state index in [0.29, 0.717) is 60.1 Å². The summed E-state index contributed by atoms with van der Waals surface area (Å²) < 4.78 is 0. The van der Waals surface area contributed by atoms with Crippen LogP contribution in [0.25, 0.3) is 0 Å². The molecule has 4 heteroatoms. The molecule has 5 saturated carbocycles. The van der Waals surface area contributed by atoms with Crippen LogP contribution >= 0.6 is 0 Å².